The van der Waals surface area contributed by atoms with Crippen LogP contribution in [0.2, 0.25) is 0 Å². The summed E-state index contributed by atoms with van der Waals surface area (Å²) < 4.78 is 37.3. The largest absolute Gasteiger partial charge is 0.492 e. The maximum atomic E-state index is 15.1. The van der Waals surface area contributed by atoms with Gasteiger partial charge >= 0.3 is 0 Å². The fraction of sp³-hybridized carbons (Fsp3) is 0.460. The Balaban J connectivity index is 0.824. The summed E-state index contributed by atoms with van der Waals surface area (Å²) in [6.45, 7) is 12.9. The number of carbonyl (C=O) groups excluding carboxylic acids is 2. The Hall–Kier alpha value is -4.86. The van der Waals surface area contributed by atoms with Crippen LogP contribution in [-0.2, 0) is 22.4 Å². The van der Waals surface area contributed by atoms with E-state index in [9.17, 15) is 14.5 Å². The Kier molecular flexibility index (Phi) is 14.4. The van der Waals surface area contributed by atoms with E-state index in [1.165, 1.54) is 23.4 Å². The molecule has 1 atom stereocenters. The molecule has 355 valence electrons. The number of nitrogens with zero attached hydrogens (tertiary/aromatic N) is 6. The number of hydrogen-bond donors (Lipinski definition) is 4. The van der Waals surface area contributed by atoms with Crippen LogP contribution in [0.15, 0.2) is 59.2 Å². The number of halogens is 3. The molecule has 4 saturated heterocycles. The third-order valence-electron chi connectivity index (χ3n) is 14.0. The number of amides is 2. The molecule has 67 heavy (non-hydrogen) atoms. The molecule has 1 radical (unpaired) electrons. The van der Waals surface area contributed by atoms with Gasteiger partial charge in [0, 0.05) is 106 Å². The minimum absolute atomic E-state index is 0.0667. The van der Waals surface area contributed by atoms with Gasteiger partial charge in [-0.15, -0.1) is 0 Å². The lowest BCUT2D eigenvalue weighted by atomic mass is 9.89. The molecule has 4 N–H and O–H groups in total. The molecule has 4 aliphatic heterocycles. The number of carbonyl (C=O) groups is 2. The molecular weight excluding hydrogens is 939 g/mol. The Morgan fingerprint density at radius 2 is 1.66 bits per heavy atom. The average Bonchev–Trinajstić information content (AvgIpc) is 3.77. The summed E-state index contributed by atoms with van der Waals surface area (Å²) in [6.07, 6.45) is 8.95. The van der Waals surface area contributed by atoms with E-state index in [1.807, 2.05) is 32.0 Å². The zero-order valence-electron chi connectivity index (χ0n) is 38.5. The molecule has 9 rings (SSSR count). The van der Waals surface area contributed by atoms with E-state index < -0.39 is 36.9 Å². The lowest BCUT2D eigenvalue weighted by Crippen LogP contribution is -2.53. The lowest BCUT2D eigenvalue weighted by molar-refractivity contribution is -0.134. The first kappa shape index (κ1) is 47.2. The zero-order chi connectivity index (χ0) is 46.8. The second kappa shape index (κ2) is 20.4. The molecule has 2 amide bonds. The number of anilines is 5. The van der Waals surface area contributed by atoms with Crippen molar-refractivity contribution in [1.82, 2.24) is 30.1 Å². The number of benzene rings is 3. The highest BCUT2D eigenvalue weighted by molar-refractivity contribution is 9.10. The van der Waals surface area contributed by atoms with Gasteiger partial charge in [-0.05, 0) is 135 Å². The molecule has 2 aromatic heterocycles. The maximum absolute atomic E-state index is 15.1. The first-order valence-electron chi connectivity index (χ1n) is 23.8. The molecule has 1 unspecified atom stereocenters. The predicted octanol–water partition coefficient (Wildman–Crippen LogP) is 8.52. The second-order valence-corrected chi connectivity index (χ2v) is 22.3. The SMILES string of the molecule is CCOc1cc(N2CCC(N3CCN(CCc4cc(F)c(C5CCC(=O)NC5=O)c(F)c4)CC3)CC2)c(CC)cc1Nc1ncc(Br)c(Nc2ccc3nc(C)ccc3c2[P]2(O)CCCC2)n1. The van der Waals surface area contributed by atoms with Crippen LogP contribution in [-0.4, -0.2) is 112 Å². The highest BCUT2D eigenvalue weighted by Gasteiger charge is 2.36. The van der Waals surface area contributed by atoms with Crippen LogP contribution in [0.25, 0.3) is 10.9 Å². The Morgan fingerprint density at radius 1 is 0.910 bits per heavy atom. The number of aromatic nitrogens is 3. The Bertz CT molecular complexity index is 2630. The molecule has 3 aromatic carbocycles. The molecule has 5 aromatic rings. The van der Waals surface area contributed by atoms with Gasteiger partial charge < -0.3 is 30.1 Å². The first-order valence-corrected chi connectivity index (χ1v) is 26.7. The molecule has 4 fully saturated rings. The Labute approximate surface area is 400 Å². The van der Waals surface area contributed by atoms with E-state index in [-0.39, 0.29) is 18.4 Å². The number of pyridine rings is 1. The predicted molar refractivity (Wildman–Crippen MR) is 266 cm³/mol. The Morgan fingerprint density at radius 3 is 2.36 bits per heavy atom. The van der Waals surface area contributed by atoms with Crippen molar-refractivity contribution >= 4 is 80.3 Å². The molecular formula is C50H60BrF2N9O4P. The lowest BCUT2D eigenvalue weighted by Gasteiger charge is -2.43. The number of fused-ring (bicyclic) bond motifs is 1. The van der Waals surface area contributed by atoms with Crippen LogP contribution in [0.3, 0.4) is 0 Å². The molecule has 0 saturated carbocycles. The quantitative estimate of drug-likeness (QED) is 0.0625. The number of rotatable bonds is 14. The van der Waals surface area contributed by atoms with Crippen molar-refractivity contribution in [1.29, 1.82) is 0 Å². The van der Waals surface area contributed by atoms with Crippen LogP contribution in [0.5, 0.6) is 5.75 Å². The van der Waals surface area contributed by atoms with Crippen molar-refractivity contribution in [3.8, 4) is 5.75 Å². The fourth-order valence-corrected chi connectivity index (χ4v) is 14.1. The minimum atomic E-state index is -2.40. The van der Waals surface area contributed by atoms with Crippen molar-refractivity contribution in [2.75, 3.05) is 80.3 Å². The van der Waals surface area contributed by atoms with E-state index >= 15 is 8.78 Å². The summed E-state index contributed by atoms with van der Waals surface area (Å²) in [4.78, 5) is 57.7. The van der Waals surface area contributed by atoms with Crippen LogP contribution in [0.1, 0.15) is 80.7 Å². The van der Waals surface area contributed by atoms with Crippen molar-refractivity contribution in [3.05, 3.63) is 93.2 Å². The van der Waals surface area contributed by atoms with Crippen molar-refractivity contribution in [3.63, 3.8) is 0 Å². The average molecular weight is 1000 g/mol. The number of aryl methyl sites for hydroxylation is 2. The number of imide groups is 1. The molecule has 0 aliphatic carbocycles. The van der Waals surface area contributed by atoms with Crippen LogP contribution >= 0.6 is 23.4 Å². The van der Waals surface area contributed by atoms with E-state index in [2.05, 4.69) is 76.7 Å². The third kappa shape index (κ3) is 10.3. The van der Waals surface area contributed by atoms with Gasteiger partial charge in [0.2, 0.25) is 17.8 Å². The van der Waals surface area contributed by atoms with E-state index in [0.29, 0.717) is 47.4 Å². The van der Waals surface area contributed by atoms with Crippen molar-refractivity contribution in [2.45, 2.75) is 84.1 Å². The first-order chi connectivity index (χ1) is 32.4. The molecule has 17 heteroatoms. The van der Waals surface area contributed by atoms with Gasteiger partial charge in [-0.1, -0.05) is 13.0 Å². The molecule has 0 bridgehead atoms. The highest BCUT2D eigenvalue weighted by Crippen LogP contribution is 2.61. The van der Waals surface area contributed by atoms with E-state index in [1.54, 1.807) is 6.20 Å². The van der Waals surface area contributed by atoms with Gasteiger partial charge in [0.15, 0.2) is 0 Å². The summed E-state index contributed by atoms with van der Waals surface area (Å²) in [5.74, 6) is -1.77. The topological polar surface area (TPSA) is 148 Å². The van der Waals surface area contributed by atoms with Gasteiger partial charge in [-0.25, -0.2) is 13.8 Å². The normalized spacial score (nSPS) is 19.5. The zero-order valence-corrected chi connectivity index (χ0v) is 41.0. The molecule has 0 spiro atoms. The summed E-state index contributed by atoms with van der Waals surface area (Å²) in [5.41, 5.74) is 6.15. The number of piperazine rings is 1. The smallest absolute Gasteiger partial charge is 0.234 e. The van der Waals surface area contributed by atoms with Crippen molar-refractivity contribution < 1.29 is 28.0 Å². The third-order valence-corrected chi connectivity index (χ3v) is 18.0. The van der Waals surface area contributed by atoms with Crippen molar-refractivity contribution in [2.24, 2.45) is 0 Å². The number of piperidine rings is 2. The number of ether oxygens (including phenoxy) is 1. The summed E-state index contributed by atoms with van der Waals surface area (Å²) in [6, 6.07) is 15.6. The summed E-state index contributed by atoms with van der Waals surface area (Å²) in [5, 5.41) is 11.2. The van der Waals surface area contributed by atoms with Gasteiger partial charge in [0.05, 0.1) is 33.9 Å². The highest BCUT2D eigenvalue weighted by atomic mass is 79.9. The van der Waals surface area contributed by atoms with Crippen LogP contribution < -0.4 is 30.9 Å². The van der Waals surface area contributed by atoms with Gasteiger partial charge in [-0.2, -0.15) is 4.98 Å². The van der Waals surface area contributed by atoms with Gasteiger partial charge in [-0.3, -0.25) is 24.8 Å². The standard InChI is InChI=1S/C50H60BrF2N9O4P/c1-4-33-28-42(57-50-54-30-37(51)48(59-50)56-41-12-11-40-35(9-8-31(3)55-40)47(41)67(65)24-6-7-25-67)44(66-5-2)29-43(33)62-18-15-34(16-19-62)61-22-20-60(21-23-61)17-14-32-26-38(52)46(39(53)27-32)36-10-13-45(63)58-49(36)64/h8-9,11-12,26-30,34,36,65H,4-7,10,13-25H2,1-3H3,(H,58,63,64)(H2,54,56,57,59). The second-order valence-electron chi connectivity index (χ2n) is 18.3. The molecule has 4 aliphatic rings. The van der Waals surface area contributed by atoms with Gasteiger partial charge in [0.1, 0.15) is 23.2 Å². The van der Waals surface area contributed by atoms with E-state index in [4.69, 9.17) is 14.7 Å². The summed E-state index contributed by atoms with van der Waals surface area (Å²) in [7, 11) is -2.40. The molecule has 6 heterocycles. The minimum Gasteiger partial charge on any atom is -0.492 e. The summed E-state index contributed by atoms with van der Waals surface area (Å²) >= 11 is 3.68. The maximum Gasteiger partial charge on any atom is 0.234 e. The molecule has 13 nitrogen and oxygen atoms in total. The van der Waals surface area contributed by atoms with E-state index in [0.717, 1.165) is 123 Å². The van der Waals surface area contributed by atoms with Gasteiger partial charge in [0.25, 0.3) is 0 Å². The van der Waals surface area contributed by atoms with Crippen LogP contribution in [0.4, 0.5) is 37.6 Å². The fourth-order valence-electron chi connectivity index (χ4n) is 10.4. The monoisotopic (exact) mass is 998 g/mol. The number of hydrogen-bond acceptors (Lipinski definition) is 12. The van der Waals surface area contributed by atoms with Crippen LogP contribution in [0, 0.1) is 18.6 Å². The number of nitrogens with one attached hydrogen (secondary N) is 3.